The third-order valence-electron chi connectivity index (χ3n) is 3.71. The molecular formula is C18H22BrN3O2S. The number of thiophene rings is 1. The molecule has 1 aromatic heterocycles. The van der Waals surface area contributed by atoms with Crippen molar-refractivity contribution in [2.45, 2.75) is 20.3 Å². The maximum Gasteiger partial charge on any atom is 0.245 e. The molecule has 0 aliphatic heterocycles. The first-order chi connectivity index (χ1) is 12.1. The van der Waals surface area contributed by atoms with Crippen molar-refractivity contribution in [3.05, 3.63) is 44.6 Å². The number of ether oxygens (including phenoxy) is 1. The fourth-order valence-electron chi connectivity index (χ4n) is 2.43. The van der Waals surface area contributed by atoms with Crippen molar-refractivity contribution < 1.29 is 9.53 Å². The van der Waals surface area contributed by atoms with Gasteiger partial charge in [0.1, 0.15) is 5.75 Å². The van der Waals surface area contributed by atoms with Gasteiger partial charge in [-0.3, -0.25) is 4.79 Å². The zero-order chi connectivity index (χ0) is 18.2. The van der Waals surface area contributed by atoms with Crippen LogP contribution in [0.15, 0.2) is 39.2 Å². The van der Waals surface area contributed by atoms with Crippen LogP contribution in [0.5, 0.6) is 5.75 Å². The Morgan fingerprint density at radius 3 is 2.76 bits per heavy atom. The van der Waals surface area contributed by atoms with Gasteiger partial charge in [-0.25, -0.2) is 5.43 Å². The number of methoxy groups -OCH3 is 1. The molecule has 0 aliphatic rings. The lowest BCUT2D eigenvalue weighted by Gasteiger charge is -2.23. The number of hydrogen-bond acceptors (Lipinski definition) is 5. The minimum atomic E-state index is -0.142. The number of nitrogens with one attached hydrogen (secondary N) is 1. The van der Waals surface area contributed by atoms with E-state index in [2.05, 4.69) is 45.2 Å². The van der Waals surface area contributed by atoms with E-state index in [1.807, 2.05) is 29.6 Å². The zero-order valence-electron chi connectivity index (χ0n) is 14.6. The standard InChI is InChI=1S/C18H22BrN3O2S/c1-4-22(5-2)16-11-17(24-3)13(9-15(16)19)12-20-21-18(23)10-14-7-6-8-25-14/h6-9,11-12H,4-5,10H2,1-3H3,(H,21,23)/b20-12-. The van der Waals surface area contributed by atoms with Crippen LogP contribution in [0.3, 0.4) is 0 Å². The fourth-order valence-corrected chi connectivity index (χ4v) is 3.74. The summed E-state index contributed by atoms with van der Waals surface area (Å²) in [5.41, 5.74) is 4.42. The molecule has 0 bridgehead atoms. The maximum absolute atomic E-state index is 11.9. The van der Waals surface area contributed by atoms with E-state index in [0.29, 0.717) is 12.2 Å². The summed E-state index contributed by atoms with van der Waals surface area (Å²) in [5.74, 6) is 0.567. The van der Waals surface area contributed by atoms with Crippen molar-refractivity contribution in [1.82, 2.24) is 5.43 Å². The Labute approximate surface area is 160 Å². The SMILES string of the molecule is CCN(CC)c1cc(OC)c(/C=N\NC(=O)Cc2cccs2)cc1Br. The highest BCUT2D eigenvalue weighted by Crippen LogP contribution is 2.33. The van der Waals surface area contributed by atoms with Crippen LogP contribution in [-0.4, -0.2) is 32.3 Å². The minimum Gasteiger partial charge on any atom is -0.496 e. The zero-order valence-corrected chi connectivity index (χ0v) is 17.0. The van der Waals surface area contributed by atoms with Crippen LogP contribution < -0.4 is 15.1 Å². The second kappa shape index (κ2) is 9.58. The number of carbonyl (C=O) groups is 1. The number of anilines is 1. The summed E-state index contributed by atoms with van der Waals surface area (Å²) >= 11 is 5.16. The van der Waals surface area contributed by atoms with E-state index in [4.69, 9.17) is 4.74 Å². The van der Waals surface area contributed by atoms with Crippen LogP contribution in [0.2, 0.25) is 0 Å². The average molecular weight is 424 g/mol. The van der Waals surface area contributed by atoms with E-state index >= 15 is 0 Å². The van der Waals surface area contributed by atoms with Gasteiger partial charge in [-0.05, 0) is 47.3 Å². The Kier molecular flexibility index (Phi) is 7.46. The summed E-state index contributed by atoms with van der Waals surface area (Å²) in [6, 6.07) is 7.78. The molecule has 0 radical (unpaired) electrons. The Hall–Kier alpha value is -1.86. The molecule has 1 heterocycles. The summed E-state index contributed by atoms with van der Waals surface area (Å²) in [7, 11) is 1.63. The number of hydrogen-bond donors (Lipinski definition) is 1. The van der Waals surface area contributed by atoms with Gasteiger partial charge in [-0.2, -0.15) is 5.10 Å². The van der Waals surface area contributed by atoms with Gasteiger partial charge in [0, 0.05) is 34.1 Å². The first kappa shape index (κ1) is 19.5. The summed E-state index contributed by atoms with van der Waals surface area (Å²) in [6.45, 7) is 6.04. The Morgan fingerprint density at radius 1 is 1.40 bits per heavy atom. The van der Waals surface area contributed by atoms with Crippen molar-refractivity contribution >= 4 is 45.1 Å². The number of amides is 1. The topological polar surface area (TPSA) is 53.9 Å². The first-order valence-electron chi connectivity index (χ1n) is 8.05. The first-order valence-corrected chi connectivity index (χ1v) is 9.73. The van der Waals surface area contributed by atoms with Gasteiger partial charge in [0.05, 0.1) is 25.4 Å². The van der Waals surface area contributed by atoms with Crippen LogP contribution in [-0.2, 0) is 11.2 Å². The van der Waals surface area contributed by atoms with Gasteiger partial charge >= 0.3 is 0 Å². The molecule has 134 valence electrons. The van der Waals surface area contributed by atoms with Gasteiger partial charge in [-0.15, -0.1) is 11.3 Å². The van der Waals surface area contributed by atoms with Gasteiger partial charge < -0.3 is 9.64 Å². The highest BCUT2D eigenvalue weighted by atomic mass is 79.9. The molecule has 0 aliphatic carbocycles. The molecule has 2 aromatic rings. The van der Waals surface area contributed by atoms with E-state index in [0.717, 1.165) is 33.7 Å². The average Bonchev–Trinajstić information content (AvgIpc) is 3.10. The van der Waals surface area contributed by atoms with Gasteiger partial charge in [0.15, 0.2) is 0 Å². The van der Waals surface area contributed by atoms with Crippen LogP contribution in [0.1, 0.15) is 24.3 Å². The molecule has 0 saturated heterocycles. The number of rotatable bonds is 8. The van der Waals surface area contributed by atoms with E-state index in [-0.39, 0.29) is 5.91 Å². The van der Waals surface area contributed by atoms with Gasteiger partial charge in [0.2, 0.25) is 5.91 Å². The van der Waals surface area contributed by atoms with Crippen LogP contribution in [0, 0.1) is 0 Å². The summed E-state index contributed by atoms with van der Waals surface area (Å²) in [6.07, 6.45) is 1.93. The Morgan fingerprint density at radius 2 is 2.16 bits per heavy atom. The van der Waals surface area contributed by atoms with Crippen molar-refractivity contribution in [3.63, 3.8) is 0 Å². The van der Waals surface area contributed by atoms with Crippen LogP contribution in [0.4, 0.5) is 5.69 Å². The molecule has 0 unspecified atom stereocenters. The summed E-state index contributed by atoms with van der Waals surface area (Å²) in [4.78, 5) is 15.1. The van der Waals surface area contributed by atoms with E-state index in [1.54, 1.807) is 24.7 Å². The van der Waals surface area contributed by atoms with Crippen molar-refractivity contribution in [3.8, 4) is 5.75 Å². The van der Waals surface area contributed by atoms with Crippen LogP contribution >= 0.6 is 27.3 Å². The molecule has 7 heteroatoms. The van der Waals surface area contributed by atoms with Gasteiger partial charge in [0.25, 0.3) is 0 Å². The third kappa shape index (κ3) is 5.31. The molecule has 25 heavy (non-hydrogen) atoms. The quantitative estimate of drug-likeness (QED) is 0.514. The predicted octanol–water partition coefficient (Wildman–Crippen LogP) is 4.06. The van der Waals surface area contributed by atoms with Crippen molar-refractivity contribution in [2.24, 2.45) is 5.10 Å². The smallest absolute Gasteiger partial charge is 0.245 e. The molecule has 0 saturated carbocycles. The van der Waals surface area contributed by atoms with E-state index in [1.165, 1.54) is 0 Å². The lowest BCUT2D eigenvalue weighted by molar-refractivity contribution is -0.120. The monoisotopic (exact) mass is 423 g/mol. The Balaban J connectivity index is 2.10. The molecule has 5 nitrogen and oxygen atoms in total. The molecule has 1 amide bonds. The van der Waals surface area contributed by atoms with Crippen molar-refractivity contribution in [1.29, 1.82) is 0 Å². The molecule has 1 aromatic carbocycles. The largest absolute Gasteiger partial charge is 0.496 e. The van der Waals surface area contributed by atoms with Crippen LogP contribution in [0.25, 0.3) is 0 Å². The normalized spacial score (nSPS) is 10.9. The van der Waals surface area contributed by atoms with E-state index in [9.17, 15) is 4.79 Å². The lowest BCUT2D eigenvalue weighted by Crippen LogP contribution is -2.22. The molecule has 0 fully saturated rings. The number of nitrogens with zero attached hydrogens (tertiary/aromatic N) is 2. The second-order valence-corrected chi connectivity index (χ2v) is 7.15. The fraction of sp³-hybridized carbons (Fsp3) is 0.333. The predicted molar refractivity (Wildman–Crippen MR) is 108 cm³/mol. The highest BCUT2D eigenvalue weighted by molar-refractivity contribution is 9.10. The number of benzene rings is 1. The number of carbonyl (C=O) groups excluding carboxylic acids is 1. The lowest BCUT2D eigenvalue weighted by atomic mass is 10.2. The Bertz CT molecular complexity index is 728. The summed E-state index contributed by atoms with van der Waals surface area (Å²) in [5, 5.41) is 6.00. The highest BCUT2D eigenvalue weighted by Gasteiger charge is 2.12. The number of hydrazone groups is 1. The van der Waals surface area contributed by atoms with Crippen molar-refractivity contribution in [2.75, 3.05) is 25.1 Å². The molecule has 0 spiro atoms. The van der Waals surface area contributed by atoms with E-state index < -0.39 is 0 Å². The molecule has 1 N–H and O–H groups in total. The third-order valence-corrected chi connectivity index (χ3v) is 5.22. The minimum absolute atomic E-state index is 0.142. The second-order valence-electron chi connectivity index (χ2n) is 5.27. The number of halogens is 1. The molecule has 2 rings (SSSR count). The maximum atomic E-state index is 11.9. The van der Waals surface area contributed by atoms with Gasteiger partial charge in [-0.1, -0.05) is 6.07 Å². The molecular weight excluding hydrogens is 402 g/mol. The molecule has 0 atom stereocenters. The summed E-state index contributed by atoms with van der Waals surface area (Å²) < 4.78 is 6.43.